The number of rotatable bonds is 7. The third kappa shape index (κ3) is 4.72. The van der Waals surface area contributed by atoms with E-state index < -0.39 is 12.1 Å². The van der Waals surface area contributed by atoms with Crippen LogP contribution >= 0.6 is 11.6 Å². The number of carbonyl (C=O) groups is 3. The number of ether oxygens (including phenoxy) is 1. The van der Waals surface area contributed by atoms with E-state index in [1.54, 1.807) is 6.07 Å². The fraction of sp³-hybridized carbons (Fsp3) is 0.222. The maximum absolute atomic E-state index is 12.5. The minimum atomic E-state index is -1.16. The molecule has 0 bridgehead atoms. The predicted molar refractivity (Wildman–Crippen MR) is 132 cm³/mol. The Balaban J connectivity index is 1.11. The molecule has 1 fully saturated rings. The van der Waals surface area contributed by atoms with Gasteiger partial charge in [0.05, 0.1) is 10.6 Å². The molecule has 2 unspecified atom stereocenters. The average molecular weight is 491 g/mol. The number of carbonyl (C=O) groups excluding carboxylic acids is 2. The van der Waals surface area contributed by atoms with E-state index in [0.717, 1.165) is 11.1 Å². The molecule has 7 nitrogen and oxygen atoms in total. The van der Waals surface area contributed by atoms with E-state index >= 15 is 0 Å². The number of carboxylic acids is 1. The Morgan fingerprint density at radius 2 is 1.63 bits per heavy atom. The summed E-state index contributed by atoms with van der Waals surface area (Å²) in [7, 11) is 0. The van der Waals surface area contributed by atoms with Gasteiger partial charge in [-0.25, -0.2) is 9.59 Å². The maximum Gasteiger partial charge on any atom is 0.407 e. The van der Waals surface area contributed by atoms with E-state index in [1.165, 1.54) is 23.3 Å². The normalized spacial score (nSPS) is 17.7. The number of halogens is 1. The number of benzene rings is 3. The van der Waals surface area contributed by atoms with E-state index in [4.69, 9.17) is 16.3 Å². The van der Waals surface area contributed by atoms with Crippen LogP contribution in [0.5, 0.6) is 0 Å². The first-order valence-electron chi connectivity index (χ1n) is 11.3. The van der Waals surface area contributed by atoms with Crippen molar-refractivity contribution in [1.29, 1.82) is 0 Å². The highest BCUT2D eigenvalue weighted by atomic mass is 35.5. The summed E-state index contributed by atoms with van der Waals surface area (Å²) in [5, 5.41) is 14.8. The highest BCUT2D eigenvalue weighted by Crippen LogP contribution is 2.44. The lowest BCUT2D eigenvalue weighted by atomic mass is 9.98. The lowest BCUT2D eigenvalue weighted by Crippen LogP contribution is -2.29. The molecule has 3 N–H and O–H groups in total. The Kier molecular flexibility index (Phi) is 6.17. The average Bonchev–Trinajstić information content (AvgIpc) is 3.57. The van der Waals surface area contributed by atoms with Gasteiger partial charge in [-0.2, -0.15) is 0 Å². The van der Waals surface area contributed by atoms with Gasteiger partial charge in [0.2, 0.25) is 5.91 Å². The van der Waals surface area contributed by atoms with Crippen molar-refractivity contribution in [3.05, 3.63) is 88.4 Å². The second-order valence-corrected chi connectivity index (χ2v) is 9.20. The summed E-state index contributed by atoms with van der Waals surface area (Å²) < 4.78 is 5.54. The SMILES string of the molecule is O=C(NCC1CC1C(=O)Nc1ccc(Cl)c(C(=O)O)c1)OCC1c2ccccc2-c2ccccc21. The summed E-state index contributed by atoms with van der Waals surface area (Å²) in [6.07, 6.45) is 0.122. The molecular formula is C27H23ClN2O5. The van der Waals surface area contributed by atoms with Crippen molar-refractivity contribution >= 4 is 35.3 Å². The molecule has 8 heteroatoms. The number of hydrogen-bond acceptors (Lipinski definition) is 4. The molecule has 2 amide bonds. The molecule has 35 heavy (non-hydrogen) atoms. The molecule has 0 radical (unpaired) electrons. The van der Waals surface area contributed by atoms with Gasteiger partial charge in [-0.3, -0.25) is 4.79 Å². The number of hydrogen-bond donors (Lipinski definition) is 3. The van der Waals surface area contributed by atoms with E-state index in [-0.39, 0.29) is 40.9 Å². The van der Waals surface area contributed by atoms with Gasteiger partial charge < -0.3 is 20.5 Å². The largest absolute Gasteiger partial charge is 0.478 e. The summed E-state index contributed by atoms with van der Waals surface area (Å²) >= 11 is 5.87. The summed E-state index contributed by atoms with van der Waals surface area (Å²) in [4.78, 5) is 36.1. The topological polar surface area (TPSA) is 105 Å². The summed E-state index contributed by atoms with van der Waals surface area (Å²) in [6, 6.07) is 20.6. The molecule has 0 heterocycles. The first-order valence-corrected chi connectivity index (χ1v) is 11.7. The fourth-order valence-electron chi connectivity index (χ4n) is 4.66. The van der Waals surface area contributed by atoms with Crippen molar-refractivity contribution in [3.63, 3.8) is 0 Å². The molecule has 178 valence electrons. The molecule has 0 spiro atoms. The van der Waals surface area contributed by atoms with Gasteiger partial charge in [0.25, 0.3) is 0 Å². The summed E-state index contributed by atoms with van der Waals surface area (Å²) in [5.74, 6) is -1.65. The number of amides is 2. The number of carboxylic acid groups (broad SMARTS) is 1. The van der Waals surface area contributed by atoms with Crippen LogP contribution in [0.4, 0.5) is 10.5 Å². The van der Waals surface area contributed by atoms with Crippen LogP contribution in [0.15, 0.2) is 66.7 Å². The number of alkyl carbamates (subject to hydrolysis) is 1. The zero-order valence-corrected chi connectivity index (χ0v) is 19.4. The van der Waals surface area contributed by atoms with Gasteiger partial charge in [0, 0.05) is 24.1 Å². The zero-order chi connectivity index (χ0) is 24.5. The number of fused-ring (bicyclic) bond motifs is 3. The second-order valence-electron chi connectivity index (χ2n) is 8.80. The van der Waals surface area contributed by atoms with E-state index in [1.807, 2.05) is 24.3 Å². The Hall–Kier alpha value is -3.84. The number of anilines is 1. The van der Waals surface area contributed by atoms with Crippen molar-refractivity contribution in [1.82, 2.24) is 5.32 Å². The smallest absolute Gasteiger partial charge is 0.407 e. The van der Waals surface area contributed by atoms with Crippen molar-refractivity contribution in [2.75, 3.05) is 18.5 Å². The summed E-state index contributed by atoms with van der Waals surface area (Å²) in [5.41, 5.74) is 4.92. The lowest BCUT2D eigenvalue weighted by molar-refractivity contribution is -0.117. The molecule has 2 atom stereocenters. The molecule has 3 aromatic rings. The standard InChI is InChI=1S/C27H23ClN2O5/c28-24-10-9-16(12-22(24)26(32)33)30-25(31)21-11-15(21)13-29-27(34)35-14-23-19-7-3-1-5-17(19)18-6-2-4-8-20(18)23/h1-10,12,15,21,23H,11,13-14H2,(H,29,34)(H,30,31)(H,32,33). The molecule has 0 saturated heterocycles. The summed E-state index contributed by atoms with van der Waals surface area (Å²) in [6.45, 7) is 0.562. The third-order valence-electron chi connectivity index (χ3n) is 6.58. The molecule has 2 aliphatic rings. The minimum absolute atomic E-state index is 0.00160. The van der Waals surface area contributed by atoms with Gasteiger partial charge in [0.1, 0.15) is 6.61 Å². The molecule has 1 saturated carbocycles. The van der Waals surface area contributed by atoms with Crippen molar-refractivity contribution in [2.24, 2.45) is 11.8 Å². The van der Waals surface area contributed by atoms with Crippen molar-refractivity contribution in [3.8, 4) is 11.1 Å². The Bertz CT molecular complexity index is 1280. The molecule has 5 rings (SSSR count). The van der Waals surface area contributed by atoms with Crippen LogP contribution in [0.1, 0.15) is 33.8 Å². The van der Waals surface area contributed by atoms with Gasteiger partial charge in [-0.1, -0.05) is 60.1 Å². The number of aromatic carboxylic acids is 1. The van der Waals surface area contributed by atoms with Crippen LogP contribution in [-0.2, 0) is 9.53 Å². The Morgan fingerprint density at radius 1 is 0.971 bits per heavy atom. The Labute approximate surface area is 207 Å². The van der Waals surface area contributed by atoms with E-state index in [2.05, 4.69) is 34.9 Å². The highest BCUT2D eigenvalue weighted by Gasteiger charge is 2.43. The van der Waals surface area contributed by atoms with Crippen LogP contribution in [0.25, 0.3) is 11.1 Å². The predicted octanol–water partition coefficient (Wildman–Crippen LogP) is 5.15. The highest BCUT2D eigenvalue weighted by molar-refractivity contribution is 6.33. The lowest BCUT2D eigenvalue weighted by Gasteiger charge is -2.14. The van der Waals surface area contributed by atoms with Gasteiger partial charge in [0.15, 0.2) is 0 Å². The monoisotopic (exact) mass is 490 g/mol. The quantitative estimate of drug-likeness (QED) is 0.424. The Morgan fingerprint density at radius 3 is 2.29 bits per heavy atom. The van der Waals surface area contributed by atoms with Crippen molar-refractivity contribution in [2.45, 2.75) is 12.3 Å². The molecule has 0 aliphatic heterocycles. The van der Waals surface area contributed by atoms with Crippen molar-refractivity contribution < 1.29 is 24.2 Å². The number of nitrogens with one attached hydrogen (secondary N) is 2. The van der Waals surface area contributed by atoms with Crippen LogP contribution in [0, 0.1) is 11.8 Å². The third-order valence-corrected chi connectivity index (χ3v) is 6.91. The molecule has 0 aromatic heterocycles. The fourth-order valence-corrected chi connectivity index (χ4v) is 4.86. The first-order chi connectivity index (χ1) is 16.9. The second kappa shape index (κ2) is 9.43. The molecular weight excluding hydrogens is 468 g/mol. The van der Waals surface area contributed by atoms with E-state index in [9.17, 15) is 19.5 Å². The van der Waals surface area contributed by atoms with E-state index in [0.29, 0.717) is 18.7 Å². The first kappa shape index (κ1) is 22.9. The minimum Gasteiger partial charge on any atom is -0.478 e. The van der Waals surface area contributed by atoms with Crippen LogP contribution < -0.4 is 10.6 Å². The van der Waals surface area contributed by atoms with Gasteiger partial charge in [-0.05, 0) is 52.8 Å². The van der Waals surface area contributed by atoms with Crippen LogP contribution in [0.3, 0.4) is 0 Å². The van der Waals surface area contributed by atoms with Gasteiger partial charge >= 0.3 is 12.1 Å². The molecule has 2 aliphatic carbocycles. The van der Waals surface area contributed by atoms with Crippen LogP contribution in [-0.4, -0.2) is 36.2 Å². The molecule has 3 aromatic carbocycles. The van der Waals surface area contributed by atoms with Gasteiger partial charge in [-0.15, -0.1) is 0 Å². The maximum atomic E-state index is 12.5. The van der Waals surface area contributed by atoms with Crippen LogP contribution in [0.2, 0.25) is 5.02 Å². The zero-order valence-electron chi connectivity index (χ0n) is 18.7.